The summed E-state index contributed by atoms with van der Waals surface area (Å²) < 4.78 is 4.96. The molecule has 1 aromatic rings. The van der Waals surface area contributed by atoms with Crippen LogP contribution in [-0.4, -0.2) is 4.98 Å². The van der Waals surface area contributed by atoms with Crippen molar-refractivity contribution in [1.29, 1.82) is 0 Å². The van der Waals surface area contributed by atoms with E-state index in [-0.39, 0.29) is 0 Å². The number of nitrogens with zero attached hydrogens (tertiary/aromatic N) is 1. The molecule has 2 nitrogen and oxygen atoms in total. The van der Waals surface area contributed by atoms with Gasteiger partial charge in [-0.15, -0.1) is 6.58 Å². The van der Waals surface area contributed by atoms with Crippen molar-refractivity contribution in [3.8, 4) is 5.75 Å². The third-order valence-electron chi connectivity index (χ3n) is 1.67. The molecule has 0 saturated carbocycles. The zero-order valence-corrected chi connectivity index (χ0v) is 8.98. The molecule has 0 unspecified atom stereocenters. The van der Waals surface area contributed by atoms with Crippen LogP contribution in [0.15, 0.2) is 31.0 Å². The summed E-state index contributed by atoms with van der Waals surface area (Å²) in [6, 6.07) is 3.84. The van der Waals surface area contributed by atoms with Crippen LogP contribution in [0.2, 0.25) is 0 Å². The van der Waals surface area contributed by atoms with Crippen molar-refractivity contribution < 1.29 is 3.07 Å². The van der Waals surface area contributed by atoms with Gasteiger partial charge in [0.25, 0.3) is 0 Å². The Morgan fingerprint density at radius 1 is 1.67 bits per heavy atom. The van der Waals surface area contributed by atoms with E-state index in [4.69, 9.17) is 3.07 Å². The number of hydrogen-bond acceptors (Lipinski definition) is 2. The highest BCUT2D eigenvalue weighted by Gasteiger charge is 2.01. The molecule has 1 atom stereocenters. The number of halogens is 1. The van der Waals surface area contributed by atoms with E-state index in [1.165, 1.54) is 0 Å². The average molecular weight is 275 g/mol. The van der Waals surface area contributed by atoms with E-state index >= 15 is 0 Å². The highest BCUT2D eigenvalue weighted by Crippen LogP contribution is 2.17. The first-order chi connectivity index (χ1) is 5.77. The second kappa shape index (κ2) is 4.45. The predicted molar refractivity (Wildman–Crippen MR) is 57.5 cm³/mol. The standard InChI is InChI=1S/C9H10INO/c1-3-7(2)9-5-4-8(12-10)6-11-9/h3-7H,1H2,2H3/t7-/m0/s1. The first-order valence-corrected chi connectivity index (χ1v) is 4.53. The maximum atomic E-state index is 4.96. The van der Waals surface area contributed by atoms with Crippen LogP contribution in [0.25, 0.3) is 0 Å². The van der Waals surface area contributed by atoms with Gasteiger partial charge in [0.1, 0.15) is 0 Å². The van der Waals surface area contributed by atoms with Crippen molar-refractivity contribution in [2.45, 2.75) is 12.8 Å². The van der Waals surface area contributed by atoms with E-state index < -0.39 is 0 Å². The third-order valence-corrected chi connectivity index (χ3v) is 2.18. The largest absolute Gasteiger partial charge is 0.426 e. The minimum Gasteiger partial charge on any atom is -0.426 e. The molecule has 0 spiro atoms. The molecule has 1 rings (SSSR count). The molecule has 12 heavy (non-hydrogen) atoms. The highest BCUT2D eigenvalue weighted by molar-refractivity contribution is 14.1. The van der Waals surface area contributed by atoms with Crippen molar-refractivity contribution in [2.24, 2.45) is 0 Å². The summed E-state index contributed by atoms with van der Waals surface area (Å²) in [6.45, 7) is 5.76. The van der Waals surface area contributed by atoms with Crippen LogP contribution in [0.4, 0.5) is 0 Å². The summed E-state index contributed by atoms with van der Waals surface area (Å²) in [7, 11) is 0. The number of pyridine rings is 1. The van der Waals surface area contributed by atoms with Gasteiger partial charge < -0.3 is 3.07 Å². The van der Waals surface area contributed by atoms with Crippen LogP contribution >= 0.6 is 23.0 Å². The molecular weight excluding hydrogens is 265 g/mol. The number of allylic oxidation sites excluding steroid dienone is 1. The minimum atomic E-state index is 0.299. The lowest BCUT2D eigenvalue weighted by Crippen LogP contribution is -1.92. The zero-order valence-electron chi connectivity index (χ0n) is 6.83. The molecule has 0 saturated heterocycles. The van der Waals surface area contributed by atoms with Crippen LogP contribution in [0, 0.1) is 0 Å². The van der Waals surface area contributed by atoms with E-state index in [0.29, 0.717) is 5.92 Å². The molecule has 0 aliphatic heterocycles. The Kier molecular flexibility index (Phi) is 3.52. The van der Waals surface area contributed by atoms with Crippen molar-refractivity contribution in [2.75, 3.05) is 0 Å². The summed E-state index contributed by atoms with van der Waals surface area (Å²) in [5.41, 5.74) is 1.02. The van der Waals surface area contributed by atoms with E-state index in [0.717, 1.165) is 11.4 Å². The maximum Gasteiger partial charge on any atom is 0.192 e. The molecule has 0 amide bonds. The van der Waals surface area contributed by atoms with E-state index in [1.807, 2.05) is 41.2 Å². The average Bonchev–Trinajstić information content (AvgIpc) is 2.17. The van der Waals surface area contributed by atoms with E-state index in [1.54, 1.807) is 6.20 Å². The lowest BCUT2D eigenvalue weighted by Gasteiger charge is -2.04. The summed E-state index contributed by atoms with van der Waals surface area (Å²) in [5, 5.41) is 0. The number of rotatable bonds is 3. The van der Waals surface area contributed by atoms with Gasteiger partial charge in [-0.1, -0.05) is 13.0 Å². The molecule has 64 valence electrons. The molecule has 0 radical (unpaired) electrons. The van der Waals surface area contributed by atoms with Gasteiger partial charge in [-0.3, -0.25) is 4.98 Å². The van der Waals surface area contributed by atoms with Crippen molar-refractivity contribution in [3.05, 3.63) is 36.7 Å². The fourth-order valence-corrected chi connectivity index (χ4v) is 1.09. The Balaban J connectivity index is 2.84. The highest BCUT2D eigenvalue weighted by atomic mass is 127. The summed E-state index contributed by atoms with van der Waals surface area (Å²) >= 11 is 1.83. The topological polar surface area (TPSA) is 22.1 Å². The second-order valence-electron chi connectivity index (χ2n) is 2.52. The molecule has 1 heterocycles. The van der Waals surface area contributed by atoms with Crippen LogP contribution in [-0.2, 0) is 0 Å². The Bertz CT molecular complexity index is 258. The molecular formula is C9H10INO. The van der Waals surface area contributed by atoms with Gasteiger partial charge in [0.05, 0.1) is 6.20 Å². The van der Waals surface area contributed by atoms with Crippen LogP contribution in [0.5, 0.6) is 5.75 Å². The van der Waals surface area contributed by atoms with Crippen molar-refractivity contribution >= 4 is 23.0 Å². The Morgan fingerprint density at radius 2 is 2.42 bits per heavy atom. The van der Waals surface area contributed by atoms with Crippen LogP contribution < -0.4 is 3.07 Å². The van der Waals surface area contributed by atoms with Crippen LogP contribution in [0.3, 0.4) is 0 Å². The summed E-state index contributed by atoms with van der Waals surface area (Å²) in [5.74, 6) is 1.07. The fourth-order valence-electron chi connectivity index (χ4n) is 0.827. The van der Waals surface area contributed by atoms with Gasteiger partial charge in [0, 0.05) is 11.6 Å². The molecule has 3 heteroatoms. The first kappa shape index (κ1) is 9.51. The monoisotopic (exact) mass is 275 g/mol. The fraction of sp³-hybridized carbons (Fsp3) is 0.222. The SMILES string of the molecule is C=C[C@H](C)c1ccc(OI)cn1. The quantitative estimate of drug-likeness (QED) is 0.624. The van der Waals surface area contributed by atoms with Gasteiger partial charge in [-0.2, -0.15) is 0 Å². The number of hydrogen-bond donors (Lipinski definition) is 0. The molecule has 0 aliphatic rings. The lowest BCUT2D eigenvalue weighted by molar-refractivity contribution is 0.707. The molecule has 0 aliphatic carbocycles. The molecule has 1 aromatic heterocycles. The summed E-state index contributed by atoms with van der Waals surface area (Å²) in [4.78, 5) is 4.22. The van der Waals surface area contributed by atoms with Crippen LogP contribution in [0.1, 0.15) is 18.5 Å². The van der Waals surface area contributed by atoms with E-state index in [9.17, 15) is 0 Å². The Morgan fingerprint density at radius 3 is 2.83 bits per heavy atom. The van der Waals surface area contributed by atoms with Gasteiger partial charge in [-0.05, 0) is 12.1 Å². The maximum absolute atomic E-state index is 4.96. The smallest absolute Gasteiger partial charge is 0.192 e. The summed E-state index contributed by atoms with van der Waals surface area (Å²) in [6.07, 6.45) is 3.58. The van der Waals surface area contributed by atoms with Gasteiger partial charge in [0.2, 0.25) is 0 Å². The van der Waals surface area contributed by atoms with Crippen molar-refractivity contribution in [1.82, 2.24) is 4.98 Å². The first-order valence-electron chi connectivity index (χ1n) is 3.65. The predicted octanol–water partition coefficient (Wildman–Crippen LogP) is 3.10. The normalized spacial score (nSPS) is 12.2. The van der Waals surface area contributed by atoms with E-state index in [2.05, 4.69) is 18.5 Å². The zero-order chi connectivity index (χ0) is 8.97. The Hall–Kier alpha value is -0.580. The molecule has 0 bridgehead atoms. The number of aromatic nitrogens is 1. The second-order valence-corrected chi connectivity index (χ2v) is 2.96. The van der Waals surface area contributed by atoms with Gasteiger partial charge in [0.15, 0.2) is 28.8 Å². The lowest BCUT2D eigenvalue weighted by atomic mass is 10.1. The molecule has 0 fully saturated rings. The van der Waals surface area contributed by atoms with Gasteiger partial charge in [-0.25, -0.2) is 0 Å². The minimum absolute atomic E-state index is 0.299. The van der Waals surface area contributed by atoms with Crippen molar-refractivity contribution in [3.63, 3.8) is 0 Å². The van der Waals surface area contributed by atoms with Gasteiger partial charge >= 0.3 is 0 Å². The Labute approximate surface area is 86.3 Å². The third kappa shape index (κ3) is 2.20. The molecule has 0 N–H and O–H groups in total. The molecule has 0 aromatic carbocycles.